The Morgan fingerprint density at radius 1 is 1.16 bits per heavy atom. The summed E-state index contributed by atoms with van der Waals surface area (Å²) in [5.74, 6) is -0.171. The minimum Gasteiger partial charge on any atom is -0.392 e. The SMILES string of the molecule is N#Cc1ccc(N2CCN(Cc3cc(CO)c4c(c3)NC(=O)C3CCCN=C43)CC2)cc1. The Morgan fingerprint density at radius 3 is 2.66 bits per heavy atom. The van der Waals surface area contributed by atoms with Gasteiger partial charge in [-0.1, -0.05) is 6.07 Å². The predicted octanol–water partition coefficient (Wildman–Crippen LogP) is 2.52. The molecule has 5 rings (SSSR count). The van der Waals surface area contributed by atoms with Gasteiger partial charge in [0.25, 0.3) is 0 Å². The number of aliphatic imine (C=N–C) groups is 1. The summed E-state index contributed by atoms with van der Waals surface area (Å²) in [7, 11) is 0. The van der Waals surface area contributed by atoms with Gasteiger partial charge in [-0.25, -0.2) is 0 Å². The van der Waals surface area contributed by atoms with Crippen LogP contribution < -0.4 is 10.2 Å². The molecule has 1 atom stereocenters. The maximum atomic E-state index is 12.6. The van der Waals surface area contributed by atoms with Crippen LogP contribution in [0.2, 0.25) is 0 Å². The third kappa shape index (κ3) is 3.88. The summed E-state index contributed by atoms with van der Waals surface area (Å²) >= 11 is 0. The first-order chi connectivity index (χ1) is 15.7. The number of aliphatic hydroxyl groups is 1. The standard InChI is InChI=1S/C25H27N5O2/c26-14-17-3-5-20(6-4-17)30-10-8-29(9-11-30)15-18-12-19(16-31)23-22(13-18)28-25(32)21-2-1-7-27-24(21)23/h3-6,12-13,21,31H,1-2,7-11,15-16H2,(H,28,32). The molecule has 1 unspecified atom stereocenters. The van der Waals surface area contributed by atoms with Crippen molar-refractivity contribution in [1.82, 2.24) is 4.90 Å². The lowest BCUT2D eigenvalue weighted by atomic mass is 9.83. The lowest BCUT2D eigenvalue weighted by Gasteiger charge is -2.36. The van der Waals surface area contributed by atoms with Gasteiger partial charge >= 0.3 is 0 Å². The van der Waals surface area contributed by atoms with Gasteiger partial charge in [-0.05, 0) is 54.3 Å². The van der Waals surface area contributed by atoms with E-state index in [-0.39, 0.29) is 18.4 Å². The Balaban J connectivity index is 1.30. The molecule has 2 aromatic carbocycles. The molecule has 0 spiro atoms. The van der Waals surface area contributed by atoms with Crippen LogP contribution in [0.25, 0.3) is 0 Å². The van der Waals surface area contributed by atoms with E-state index in [1.54, 1.807) is 0 Å². The Hall–Kier alpha value is -3.21. The van der Waals surface area contributed by atoms with E-state index in [9.17, 15) is 9.90 Å². The first kappa shape index (κ1) is 20.7. The summed E-state index contributed by atoms with van der Waals surface area (Å²) in [6.45, 7) is 5.13. The minimum atomic E-state index is -0.192. The Bertz CT molecular complexity index is 1090. The average Bonchev–Trinajstić information content (AvgIpc) is 2.84. The van der Waals surface area contributed by atoms with Crippen molar-refractivity contribution >= 4 is 23.0 Å². The van der Waals surface area contributed by atoms with Gasteiger partial charge in [-0.3, -0.25) is 14.7 Å². The second-order valence-electron chi connectivity index (χ2n) is 8.71. The highest BCUT2D eigenvalue weighted by molar-refractivity contribution is 6.23. The number of aliphatic hydroxyl groups excluding tert-OH is 1. The van der Waals surface area contributed by atoms with Crippen LogP contribution in [0.5, 0.6) is 0 Å². The molecule has 1 amide bonds. The number of hydrogen-bond donors (Lipinski definition) is 2. The molecule has 0 aromatic heterocycles. The second-order valence-corrected chi connectivity index (χ2v) is 8.71. The lowest BCUT2D eigenvalue weighted by molar-refractivity contribution is -0.118. The van der Waals surface area contributed by atoms with Crippen molar-refractivity contribution in [2.24, 2.45) is 10.9 Å². The highest BCUT2D eigenvalue weighted by Crippen LogP contribution is 2.35. The fourth-order valence-electron chi connectivity index (χ4n) is 5.02. The number of carbonyl (C=O) groups is 1. The molecular weight excluding hydrogens is 402 g/mol. The molecular formula is C25H27N5O2. The molecule has 2 N–H and O–H groups in total. The van der Waals surface area contributed by atoms with Crippen LogP contribution in [0, 0.1) is 17.2 Å². The van der Waals surface area contributed by atoms with E-state index in [4.69, 9.17) is 5.26 Å². The van der Waals surface area contributed by atoms with Crippen molar-refractivity contribution in [2.75, 3.05) is 42.9 Å². The molecule has 164 valence electrons. The Morgan fingerprint density at radius 2 is 1.94 bits per heavy atom. The summed E-state index contributed by atoms with van der Waals surface area (Å²) in [5, 5.41) is 22.1. The van der Waals surface area contributed by atoms with Gasteiger partial charge in [0.15, 0.2) is 0 Å². The van der Waals surface area contributed by atoms with Gasteiger partial charge in [0.1, 0.15) is 0 Å². The smallest absolute Gasteiger partial charge is 0.233 e. The van der Waals surface area contributed by atoms with E-state index < -0.39 is 0 Å². The first-order valence-electron chi connectivity index (χ1n) is 11.3. The molecule has 3 aliphatic heterocycles. The van der Waals surface area contributed by atoms with Crippen LogP contribution >= 0.6 is 0 Å². The number of carbonyl (C=O) groups excluding carboxylic acids is 1. The average molecular weight is 430 g/mol. The Kier molecular flexibility index (Phi) is 5.64. The Labute approximate surface area is 188 Å². The highest BCUT2D eigenvalue weighted by Gasteiger charge is 2.35. The number of anilines is 2. The maximum Gasteiger partial charge on any atom is 0.233 e. The van der Waals surface area contributed by atoms with Crippen molar-refractivity contribution < 1.29 is 9.90 Å². The summed E-state index contributed by atoms with van der Waals surface area (Å²) in [4.78, 5) is 22.0. The van der Waals surface area contributed by atoms with Gasteiger partial charge in [0.2, 0.25) is 5.91 Å². The number of amides is 1. The van der Waals surface area contributed by atoms with Crippen LogP contribution in [0.1, 0.15) is 35.1 Å². The van der Waals surface area contributed by atoms with E-state index in [1.807, 2.05) is 30.3 Å². The third-order valence-electron chi connectivity index (χ3n) is 6.68. The number of rotatable bonds is 4. The molecule has 0 saturated carbocycles. The zero-order chi connectivity index (χ0) is 22.1. The molecule has 1 fully saturated rings. The van der Waals surface area contributed by atoms with Crippen molar-refractivity contribution in [2.45, 2.75) is 26.0 Å². The fourth-order valence-corrected chi connectivity index (χ4v) is 5.02. The summed E-state index contributed by atoms with van der Waals surface area (Å²) < 4.78 is 0. The van der Waals surface area contributed by atoms with Crippen LogP contribution in [-0.4, -0.2) is 54.3 Å². The largest absolute Gasteiger partial charge is 0.392 e. The molecule has 2 aromatic rings. The van der Waals surface area contributed by atoms with Crippen LogP contribution in [-0.2, 0) is 17.9 Å². The number of hydrogen-bond acceptors (Lipinski definition) is 6. The summed E-state index contributed by atoms with van der Waals surface area (Å²) in [5.41, 5.74) is 6.31. The molecule has 7 nitrogen and oxygen atoms in total. The van der Waals surface area contributed by atoms with Gasteiger partial charge in [0.05, 0.1) is 35.6 Å². The molecule has 3 heterocycles. The van der Waals surface area contributed by atoms with Crippen molar-refractivity contribution in [3.05, 3.63) is 58.7 Å². The zero-order valence-electron chi connectivity index (χ0n) is 18.0. The maximum absolute atomic E-state index is 12.6. The summed E-state index contributed by atoms with van der Waals surface area (Å²) in [6, 6.07) is 14.0. The molecule has 1 saturated heterocycles. The van der Waals surface area contributed by atoms with Gasteiger partial charge < -0.3 is 15.3 Å². The molecule has 7 heteroatoms. The number of nitriles is 1. The number of nitrogens with one attached hydrogen (secondary N) is 1. The van der Waals surface area contributed by atoms with E-state index >= 15 is 0 Å². The first-order valence-corrected chi connectivity index (χ1v) is 11.3. The molecule has 0 aliphatic carbocycles. The molecule has 0 radical (unpaired) electrons. The van der Waals surface area contributed by atoms with Crippen LogP contribution in [0.3, 0.4) is 0 Å². The predicted molar refractivity (Wildman–Crippen MR) is 124 cm³/mol. The molecule has 3 aliphatic rings. The molecule has 0 bridgehead atoms. The van der Waals surface area contributed by atoms with Gasteiger partial charge in [0, 0.05) is 50.5 Å². The number of benzene rings is 2. The van der Waals surface area contributed by atoms with E-state index in [0.717, 1.165) is 85.9 Å². The van der Waals surface area contributed by atoms with Crippen molar-refractivity contribution in [3.8, 4) is 6.07 Å². The fraction of sp³-hybridized carbons (Fsp3) is 0.400. The van der Waals surface area contributed by atoms with Gasteiger partial charge in [-0.2, -0.15) is 5.26 Å². The zero-order valence-corrected chi connectivity index (χ0v) is 18.0. The van der Waals surface area contributed by atoms with E-state index in [0.29, 0.717) is 5.56 Å². The number of piperazine rings is 1. The van der Waals surface area contributed by atoms with Crippen LogP contribution in [0.4, 0.5) is 11.4 Å². The van der Waals surface area contributed by atoms with Crippen molar-refractivity contribution in [1.29, 1.82) is 5.26 Å². The number of nitrogens with zero attached hydrogens (tertiary/aromatic N) is 4. The number of fused-ring (bicyclic) bond motifs is 3. The second kappa shape index (κ2) is 8.73. The monoisotopic (exact) mass is 429 g/mol. The van der Waals surface area contributed by atoms with Crippen LogP contribution in [0.15, 0.2) is 41.4 Å². The quantitative estimate of drug-likeness (QED) is 0.779. The van der Waals surface area contributed by atoms with E-state index in [2.05, 4.69) is 32.2 Å². The van der Waals surface area contributed by atoms with E-state index in [1.165, 1.54) is 0 Å². The molecule has 32 heavy (non-hydrogen) atoms. The van der Waals surface area contributed by atoms with Gasteiger partial charge in [-0.15, -0.1) is 0 Å². The highest BCUT2D eigenvalue weighted by atomic mass is 16.3. The topological polar surface area (TPSA) is 92.0 Å². The third-order valence-corrected chi connectivity index (χ3v) is 6.68. The summed E-state index contributed by atoms with van der Waals surface area (Å²) in [6.07, 6.45) is 1.75. The lowest BCUT2D eigenvalue weighted by Crippen LogP contribution is -2.46. The minimum absolute atomic E-state index is 0.0213. The van der Waals surface area contributed by atoms with Crippen molar-refractivity contribution in [3.63, 3.8) is 0 Å². The normalized spacial score (nSPS) is 20.6.